The largest absolute Gasteiger partial charge is 0.410 e. The number of rotatable bonds is 9. The van der Waals surface area contributed by atoms with Crippen molar-refractivity contribution < 1.29 is 31.9 Å². The Balaban J connectivity index is 0.00000274. The first-order valence-electron chi connectivity index (χ1n) is 13.4. The summed E-state index contributed by atoms with van der Waals surface area (Å²) < 4.78 is 52.7. The van der Waals surface area contributed by atoms with Crippen LogP contribution in [0.1, 0.15) is 58.4 Å². The molecule has 1 aromatic rings. The summed E-state index contributed by atoms with van der Waals surface area (Å²) in [7, 11) is 1.54. The number of urea groups is 1. The van der Waals surface area contributed by atoms with Gasteiger partial charge in [-0.05, 0) is 55.7 Å². The Morgan fingerprint density at radius 2 is 1.90 bits per heavy atom. The van der Waals surface area contributed by atoms with Crippen LogP contribution in [0, 0.1) is 5.92 Å². The minimum Gasteiger partial charge on any atom is -0.340 e. The van der Waals surface area contributed by atoms with E-state index in [0.717, 1.165) is 4.90 Å². The highest BCUT2D eigenvalue weighted by Gasteiger charge is 2.46. The van der Waals surface area contributed by atoms with Crippen molar-refractivity contribution in [2.75, 3.05) is 18.9 Å². The number of amides is 4. The molecular formula is C27H38F4N6O3. The van der Waals surface area contributed by atoms with Gasteiger partial charge in [-0.1, -0.05) is 27.4 Å². The standard InChI is InChI=1S/C25H32F4N6O3.C2H6/c1-4-18(30-3)14(2)22(36)34-21(16-5-7-17(26)8-6-16)23(37)33-20-11-15(9-10-31-20)12-35-13-19(25(27,28)29)32-24(35)38;1-2/h9-11,16-17,19,21H,2,4-8,12-13H2,1,3H3,(H,32,38)(H,34,36)(H,31,33,37);1-2H3/t16?,17?,19?,21-;/m0./s1. The second-order valence-corrected chi connectivity index (χ2v) is 9.43. The number of anilines is 1. The Morgan fingerprint density at radius 3 is 2.45 bits per heavy atom. The van der Waals surface area contributed by atoms with Gasteiger partial charge in [0, 0.05) is 25.5 Å². The van der Waals surface area contributed by atoms with Crippen LogP contribution < -0.4 is 16.0 Å². The number of carbonyl (C=O) groups is 3. The van der Waals surface area contributed by atoms with Gasteiger partial charge in [-0.25, -0.2) is 14.2 Å². The molecule has 1 saturated carbocycles. The molecule has 0 bridgehead atoms. The number of halogens is 4. The molecule has 0 radical (unpaired) electrons. The minimum atomic E-state index is -4.56. The molecule has 3 rings (SSSR count). The van der Waals surface area contributed by atoms with Crippen LogP contribution >= 0.6 is 0 Å². The fraction of sp³-hybridized carbons (Fsp3) is 0.593. The number of nitrogens with one attached hydrogen (secondary N) is 3. The van der Waals surface area contributed by atoms with Crippen molar-refractivity contribution in [3.63, 3.8) is 0 Å². The van der Waals surface area contributed by atoms with Crippen LogP contribution in [0.2, 0.25) is 0 Å². The van der Waals surface area contributed by atoms with Crippen LogP contribution in [0.4, 0.5) is 28.2 Å². The number of pyridine rings is 1. The average Bonchev–Trinajstić information content (AvgIpc) is 3.30. The van der Waals surface area contributed by atoms with Crippen molar-refractivity contribution in [3.8, 4) is 0 Å². The van der Waals surface area contributed by atoms with E-state index in [1.807, 2.05) is 26.1 Å². The van der Waals surface area contributed by atoms with Crippen LogP contribution in [0.5, 0.6) is 0 Å². The highest BCUT2D eigenvalue weighted by atomic mass is 19.4. The number of alkyl halides is 4. The van der Waals surface area contributed by atoms with Gasteiger partial charge in [0.2, 0.25) is 5.91 Å². The molecular weight excluding hydrogens is 532 g/mol. The van der Waals surface area contributed by atoms with Gasteiger partial charge in [0.25, 0.3) is 5.91 Å². The third-order valence-corrected chi connectivity index (χ3v) is 6.80. The molecule has 1 aliphatic heterocycles. The molecule has 1 unspecified atom stereocenters. The summed E-state index contributed by atoms with van der Waals surface area (Å²) in [5.41, 5.74) is 1.07. The Labute approximate surface area is 231 Å². The molecule has 2 heterocycles. The molecule has 2 fully saturated rings. The Bertz CT molecular complexity index is 1090. The van der Waals surface area contributed by atoms with Crippen LogP contribution in [0.15, 0.2) is 35.5 Å². The number of carbonyl (C=O) groups excluding carboxylic acids is 3. The van der Waals surface area contributed by atoms with Crippen molar-refractivity contribution in [2.45, 2.75) is 83.9 Å². The summed E-state index contributed by atoms with van der Waals surface area (Å²) in [6, 6.07) is -0.833. The first kappa shape index (κ1) is 32.7. The zero-order chi connectivity index (χ0) is 30.0. The predicted molar refractivity (Wildman–Crippen MR) is 145 cm³/mol. The van der Waals surface area contributed by atoms with Gasteiger partial charge < -0.3 is 20.9 Å². The fourth-order valence-corrected chi connectivity index (χ4v) is 4.65. The molecule has 13 heteroatoms. The van der Waals surface area contributed by atoms with E-state index in [-0.39, 0.29) is 36.7 Å². The van der Waals surface area contributed by atoms with Gasteiger partial charge >= 0.3 is 12.2 Å². The van der Waals surface area contributed by atoms with Crippen molar-refractivity contribution >= 4 is 29.4 Å². The molecule has 3 N–H and O–H groups in total. The van der Waals surface area contributed by atoms with E-state index in [4.69, 9.17) is 0 Å². The molecule has 1 aromatic heterocycles. The minimum absolute atomic E-state index is 0.0982. The van der Waals surface area contributed by atoms with Crippen molar-refractivity contribution in [3.05, 3.63) is 36.0 Å². The van der Waals surface area contributed by atoms with E-state index in [1.165, 1.54) is 25.4 Å². The monoisotopic (exact) mass is 570 g/mol. The lowest BCUT2D eigenvalue weighted by molar-refractivity contribution is -0.149. The topological polar surface area (TPSA) is 116 Å². The maximum Gasteiger partial charge on any atom is 0.410 e. The number of nitrogens with zero attached hydrogens (tertiary/aromatic N) is 3. The quantitative estimate of drug-likeness (QED) is 0.230. The summed E-state index contributed by atoms with van der Waals surface area (Å²) in [5.74, 6) is -1.35. The summed E-state index contributed by atoms with van der Waals surface area (Å²) >= 11 is 0. The molecule has 9 nitrogen and oxygen atoms in total. The number of aromatic nitrogens is 1. The number of hydrogen-bond donors (Lipinski definition) is 3. The predicted octanol–water partition coefficient (Wildman–Crippen LogP) is 4.55. The first-order valence-corrected chi connectivity index (χ1v) is 13.4. The molecule has 0 aromatic carbocycles. The fourth-order valence-electron chi connectivity index (χ4n) is 4.65. The summed E-state index contributed by atoms with van der Waals surface area (Å²) in [6.45, 7) is 8.94. The number of hydrogen-bond acceptors (Lipinski definition) is 5. The first-order chi connectivity index (χ1) is 18.9. The van der Waals surface area contributed by atoms with Gasteiger partial charge in [-0.2, -0.15) is 13.2 Å². The van der Waals surface area contributed by atoms with E-state index in [2.05, 4.69) is 27.2 Å². The van der Waals surface area contributed by atoms with Crippen LogP contribution in [-0.2, 0) is 16.1 Å². The van der Waals surface area contributed by atoms with E-state index in [1.54, 1.807) is 0 Å². The Hall–Kier alpha value is -3.51. The molecule has 1 saturated heterocycles. The third-order valence-electron chi connectivity index (χ3n) is 6.80. The Morgan fingerprint density at radius 1 is 1.25 bits per heavy atom. The van der Waals surface area contributed by atoms with E-state index in [0.29, 0.717) is 30.5 Å². The molecule has 222 valence electrons. The van der Waals surface area contributed by atoms with E-state index in [9.17, 15) is 31.9 Å². The van der Waals surface area contributed by atoms with Crippen LogP contribution in [-0.4, -0.2) is 71.5 Å². The molecule has 4 amide bonds. The van der Waals surface area contributed by atoms with Crippen molar-refractivity contribution in [2.24, 2.45) is 10.9 Å². The highest BCUT2D eigenvalue weighted by Crippen LogP contribution is 2.30. The molecule has 1 aliphatic carbocycles. The van der Waals surface area contributed by atoms with Gasteiger partial charge in [0.05, 0.1) is 12.1 Å². The molecule has 2 atom stereocenters. The van der Waals surface area contributed by atoms with Gasteiger partial charge in [0.1, 0.15) is 24.1 Å². The summed E-state index contributed by atoms with van der Waals surface area (Å²) in [4.78, 5) is 47.3. The third kappa shape index (κ3) is 8.75. The zero-order valence-electron chi connectivity index (χ0n) is 23.3. The van der Waals surface area contributed by atoms with Gasteiger partial charge in [-0.3, -0.25) is 14.6 Å². The van der Waals surface area contributed by atoms with E-state index < -0.39 is 48.8 Å². The maximum absolute atomic E-state index is 13.8. The van der Waals surface area contributed by atoms with Crippen LogP contribution in [0.25, 0.3) is 0 Å². The average molecular weight is 571 g/mol. The summed E-state index contributed by atoms with van der Waals surface area (Å²) in [6.07, 6.45) is -2.36. The lowest BCUT2D eigenvalue weighted by Gasteiger charge is -2.31. The van der Waals surface area contributed by atoms with Gasteiger partial charge in [-0.15, -0.1) is 0 Å². The zero-order valence-corrected chi connectivity index (χ0v) is 23.3. The lowest BCUT2D eigenvalue weighted by Crippen LogP contribution is -2.50. The van der Waals surface area contributed by atoms with Crippen molar-refractivity contribution in [1.82, 2.24) is 20.5 Å². The smallest absolute Gasteiger partial charge is 0.340 e. The normalized spacial score (nSPS) is 22.0. The highest BCUT2D eigenvalue weighted by molar-refractivity contribution is 6.21. The van der Waals surface area contributed by atoms with Crippen molar-refractivity contribution in [1.29, 1.82) is 0 Å². The van der Waals surface area contributed by atoms with Crippen LogP contribution in [0.3, 0.4) is 0 Å². The molecule has 0 spiro atoms. The van der Waals surface area contributed by atoms with E-state index >= 15 is 0 Å². The maximum atomic E-state index is 13.8. The lowest BCUT2D eigenvalue weighted by atomic mass is 9.82. The molecule has 2 aliphatic rings. The summed E-state index contributed by atoms with van der Waals surface area (Å²) in [5, 5.41) is 7.27. The van der Waals surface area contributed by atoms with Gasteiger partial charge in [0.15, 0.2) is 0 Å². The second kappa shape index (κ2) is 14.8. The second-order valence-electron chi connectivity index (χ2n) is 9.43. The number of aliphatic imine (C=N–C) groups is 1. The molecule has 40 heavy (non-hydrogen) atoms. The Kier molecular flexibility index (Phi) is 12.1. The SMILES string of the molecule is C=C(C(=O)N[C@H](C(=O)Nc1cc(CN2CC(C(F)(F)F)NC2=O)ccn1)C1CCC(F)CC1)C(CC)=NC.CC.